The average Bonchev–Trinajstić information content (AvgIpc) is 3.06. The minimum Gasteiger partial charge on any atom is -0.450 e. The maximum absolute atomic E-state index is 12.7. The molecule has 128 valence electrons. The van der Waals surface area contributed by atoms with E-state index in [4.69, 9.17) is 16.0 Å². The fourth-order valence-corrected chi connectivity index (χ4v) is 3.12. The van der Waals surface area contributed by atoms with Crippen molar-refractivity contribution in [2.24, 2.45) is 0 Å². The van der Waals surface area contributed by atoms with Crippen LogP contribution in [0.3, 0.4) is 0 Å². The van der Waals surface area contributed by atoms with E-state index in [1.807, 2.05) is 72.8 Å². The second kappa shape index (κ2) is 7.06. The Labute approximate surface area is 156 Å². The highest BCUT2D eigenvalue weighted by molar-refractivity contribution is 6.31. The van der Waals surface area contributed by atoms with Gasteiger partial charge in [0.15, 0.2) is 5.76 Å². The number of halogens is 1. The van der Waals surface area contributed by atoms with Crippen molar-refractivity contribution >= 4 is 28.3 Å². The highest BCUT2D eigenvalue weighted by Gasteiger charge is 2.20. The predicted molar refractivity (Wildman–Crippen MR) is 104 cm³/mol. The van der Waals surface area contributed by atoms with Crippen LogP contribution in [0.5, 0.6) is 0 Å². The minimum absolute atomic E-state index is 0.247. The molecule has 3 aromatic carbocycles. The van der Waals surface area contributed by atoms with Gasteiger partial charge in [0.2, 0.25) is 0 Å². The van der Waals surface area contributed by atoms with Gasteiger partial charge in [-0.2, -0.15) is 0 Å². The molecule has 4 aromatic rings. The zero-order valence-corrected chi connectivity index (χ0v) is 14.7. The Bertz CT molecular complexity index is 1060. The van der Waals surface area contributed by atoms with Crippen molar-refractivity contribution in [3.63, 3.8) is 0 Å². The summed E-state index contributed by atoms with van der Waals surface area (Å²) < 4.78 is 5.99. The first-order valence-corrected chi connectivity index (χ1v) is 8.70. The number of furan rings is 1. The van der Waals surface area contributed by atoms with E-state index in [9.17, 15) is 4.79 Å². The van der Waals surface area contributed by atoms with Crippen LogP contribution in [0.15, 0.2) is 83.3 Å². The molecule has 0 saturated heterocycles. The molecule has 0 aliphatic heterocycles. The summed E-state index contributed by atoms with van der Waals surface area (Å²) in [6, 6.07) is 24.9. The van der Waals surface area contributed by atoms with Gasteiger partial charge in [0.25, 0.3) is 5.91 Å². The van der Waals surface area contributed by atoms with Crippen molar-refractivity contribution in [3.05, 3.63) is 95.2 Å². The molecule has 1 N–H and O–H groups in total. The first kappa shape index (κ1) is 16.4. The van der Waals surface area contributed by atoms with Crippen LogP contribution in [-0.4, -0.2) is 5.91 Å². The number of hydrogen-bond acceptors (Lipinski definition) is 2. The van der Waals surface area contributed by atoms with Crippen LogP contribution < -0.4 is 5.32 Å². The molecule has 0 atom stereocenters. The summed E-state index contributed by atoms with van der Waals surface area (Å²) in [5.41, 5.74) is 1.94. The molecule has 0 radical (unpaired) electrons. The molecule has 0 bridgehead atoms. The van der Waals surface area contributed by atoms with Gasteiger partial charge in [-0.25, -0.2) is 0 Å². The standard InChI is InChI=1S/C22H16ClNO2/c23-17-11-12-18-19(13-17)20(16-9-5-2-6-10-16)26-21(18)22(25)24-14-15-7-3-1-4-8-15/h1-13H,14H2,(H,24,25). The Morgan fingerprint density at radius 3 is 2.31 bits per heavy atom. The molecule has 1 heterocycles. The normalized spacial score (nSPS) is 10.8. The number of benzene rings is 3. The van der Waals surface area contributed by atoms with Gasteiger partial charge in [0.1, 0.15) is 5.76 Å². The van der Waals surface area contributed by atoms with Crippen molar-refractivity contribution in [1.82, 2.24) is 5.32 Å². The van der Waals surface area contributed by atoms with Gasteiger partial charge >= 0.3 is 0 Å². The number of rotatable bonds is 4. The quantitative estimate of drug-likeness (QED) is 0.508. The highest BCUT2D eigenvalue weighted by Crippen LogP contribution is 2.35. The summed E-state index contributed by atoms with van der Waals surface area (Å²) in [7, 11) is 0. The molecule has 3 nitrogen and oxygen atoms in total. The molecule has 0 saturated carbocycles. The van der Waals surface area contributed by atoms with E-state index in [1.54, 1.807) is 6.07 Å². The maximum Gasteiger partial charge on any atom is 0.287 e. The molecule has 4 rings (SSSR count). The van der Waals surface area contributed by atoms with Gasteiger partial charge in [-0.15, -0.1) is 0 Å². The highest BCUT2D eigenvalue weighted by atomic mass is 35.5. The monoisotopic (exact) mass is 361 g/mol. The Kier molecular flexibility index (Phi) is 4.46. The van der Waals surface area contributed by atoms with Crippen LogP contribution in [0.25, 0.3) is 22.1 Å². The van der Waals surface area contributed by atoms with Crippen molar-refractivity contribution in [3.8, 4) is 11.3 Å². The number of carbonyl (C=O) groups excluding carboxylic acids is 1. The van der Waals surface area contributed by atoms with Crippen molar-refractivity contribution in [2.75, 3.05) is 0 Å². The molecule has 0 aliphatic rings. The van der Waals surface area contributed by atoms with Gasteiger partial charge in [-0.3, -0.25) is 4.79 Å². The van der Waals surface area contributed by atoms with Crippen LogP contribution in [-0.2, 0) is 6.54 Å². The molecular formula is C22H16ClNO2. The van der Waals surface area contributed by atoms with Gasteiger partial charge in [0.05, 0.1) is 0 Å². The molecule has 1 amide bonds. The van der Waals surface area contributed by atoms with Gasteiger partial charge in [-0.05, 0) is 23.8 Å². The summed E-state index contributed by atoms with van der Waals surface area (Å²) in [6.07, 6.45) is 0. The van der Waals surface area contributed by atoms with Crippen molar-refractivity contribution in [1.29, 1.82) is 0 Å². The van der Waals surface area contributed by atoms with Crippen LogP contribution in [0, 0.1) is 0 Å². The van der Waals surface area contributed by atoms with Crippen molar-refractivity contribution < 1.29 is 9.21 Å². The van der Waals surface area contributed by atoms with E-state index >= 15 is 0 Å². The largest absolute Gasteiger partial charge is 0.450 e. The summed E-state index contributed by atoms with van der Waals surface area (Å²) in [4.78, 5) is 12.7. The fourth-order valence-electron chi connectivity index (χ4n) is 2.95. The SMILES string of the molecule is O=C(NCc1ccccc1)c1oc(-c2ccccc2)c2cc(Cl)ccc12. The molecular weight excluding hydrogens is 346 g/mol. The Morgan fingerprint density at radius 1 is 0.885 bits per heavy atom. The lowest BCUT2D eigenvalue weighted by Crippen LogP contribution is -2.22. The number of nitrogens with one attached hydrogen (secondary N) is 1. The maximum atomic E-state index is 12.7. The van der Waals surface area contributed by atoms with Crippen LogP contribution in [0.4, 0.5) is 0 Å². The molecule has 26 heavy (non-hydrogen) atoms. The number of hydrogen-bond donors (Lipinski definition) is 1. The zero-order chi connectivity index (χ0) is 17.9. The second-order valence-electron chi connectivity index (χ2n) is 5.98. The van der Waals surface area contributed by atoms with Crippen LogP contribution in [0.1, 0.15) is 16.1 Å². The number of amides is 1. The van der Waals surface area contributed by atoms with E-state index in [1.165, 1.54) is 0 Å². The summed E-state index contributed by atoms with van der Waals surface area (Å²) in [5, 5.41) is 5.10. The molecule has 0 unspecified atom stereocenters. The average molecular weight is 362 g/mol. The molecule has 1 aromatic heterocycles. The third-order valence-electron chi connectivity index (χ3n) is 4.21. The Hall–Kier alpha value is -3.04. The van der Waals surface area contributed by atoms with E-state index in [2.05, 4.69) is 5.32 Å². The first-order valence-electron chi connectivity index (χ1n) is 8.32. The minimum atomic E-state index is -0.247. The topological polar surface area (TPSA) is 42.2 Å². The molecule has 0 aliphatic carbocycles. The van der Waals surface area contributed by atoms with Crippen LogP contribution in [0.2, 0.25) is 5.02 Å². The second-order valence-corrected chi connectivity index (χ2v) is 6.42. The molecule has 4 heteroatoms. The van der Waals surface area contributed by atoms with E-state index in [0.717, 1.165) is 21.9 Å². The predicted octanol–water partition coefficient (Wildman–Crippen LogP) is 5.68. The number of carbonyl (C=O) groups is 1. The first-order chi connectivity index (χ1) is 12.7. The van der Waals surface area contributed by atoms with E-state index < -0.39 is 0 Å². The van der Waals surface area contributed by atoms with Gasteiger partial charge in [0, 0.05) is 27.9 Å². The lowest BCUT2D eigenvalue weighted by Gasteiger charge is -2.03. The summed E-state index contributed by atoms with van der Waals surface area (Å²) in [6.45, 7) is 0.441. The van der Waals surface area contributed by atoms with E-state index in [0.29, 0.717) is 23.1 Å². The molecule has 0 fully saturated rings. The lowest BCUT2D eigenvalue weighted by molar-refractivity contribution is 0.0926. The van der Waals surface area contributed by atoms with Gasteiger partial charge < -0.3 is 9.73 Å². The Morgan fingerprint density at radius 2 is 1.58 bits per heavy atom. The van der Waals surface area contributed by atoms with Crippen LogP contribution >= 0.6 is 11.6 Å². The van der Waals surface area contributed by atoms with Crippen molar-refractivity contribution in [2.45, 2.75) is 6.54 Å². The smallest absolute Gasteiger partial charge is 0.287 e. The summed E-state index contributed by atoms with van der Waals surface area (Å²) in [5.74, 6) is 0.697. The number of fused-ring (bicyclic) bond motifs is 1. The zero-order valence-electron chi connectivity index (χ0n) is 13.9. The summed E-state index contributed by atoms with van der Waals surface area (Å²) >= 11 is 6.17. The third kappa shape index (κ3) is 3.22. The molecule has 0 spiro atoms. The third-order valence-corrected chi connectivity index (χ3v) is 4.45. The fraction of sp³-hybridized carbons (Fsp3) is 0.0455. The Balaban J connectivity index is 1.72. The van der Waals surface area contributed by atoms with E-state index in [-0.39, 0.29) is 5.91 Å². The van der Waals surface area contributed by atoms with Gasteiger partial charge in [-0.1, -0.05) is 72.3 Å². The lowest BCUT2D eigenvalue weighted by atomic mass is 10.1.